The number of hydrogen-bond donors (Lipinski definition) is 0. The Bertz CT molecular complexity index is 1790. The summed E-state index contributed by atoms with van der Waals surface area (Å²) in [5.74, 6) is 0. The molecule has 0 unspecified atom stereocenters. The summed E-state index contributed by atoms with van der Waals surface area (Å²) >= 11 is 0. The molecule has 0 aliphatic carbocycles. The van der Waals surface area contributed by atoms with E-state index in [4.69, 9.17) is 0 Å². The van der Waals surface area contributed by atoms with E-state index in [1.165, 1.54) is 43.8 Å². The van der Waals surface area contributed by atoms with Crippen molar-refractivity contribution in [1.29, 1.82) is 0 Å². The Morgan fingerprint density at radius 1 is 0.308 bits per heavy atom. The van der Waals surface area contributed by atoms with Gasteiger partial charge < -0.3 is 4.90 Å². The monoisotopic (exact) mass is 497 g/mol. The molecule has 7 rings (SSSR count). The van der Waals surface area contributed by atoms with Crippen LogP contribution in [-0.4, -0.2) is 0 Å². The Morgan fingerprint density at radius 3 is 1.21 bits per heavy atom. The molecule has 1 heteroatoms. The van der Waals surface area contributed by atoms with Crippen molar-refractivity contribution in [3.8, 4) is 22.3 Å². The first-order valence-electron chi connectivity index (χ1n) is 13.4. The lowest BCUT2D eigenvalue weighted by Gasteiger charge is -2.28. The fourth-order valence-corrected chi connectivity index (χ4v) is 5.80. The van der Waals surface area contributed by atoms with Crippen LogP contribution in [0.4, 0.5) is 17.1 Å². The zero-order chi connectivity index (χ0) is 26.0. The minimum atomic E-state index is 1.13. The first kappa shape index (κ1) is 23.0. The quantitative estimate of drug-likeness (QED) is 0.214. The van der Waals surface area contributed by atoms with E-state index in [0.29, 0.717) is 0 Å². The molecule has 0 aromatic heterocycles. The highest BCUT2D eigenvalue weighted by atomic mass is 15.1. The van der Waals surface area contributed by atoms with E-state index in [1.54, 1.807) is 0 Å². The van der Waals surface area contributed by atoms with E-state index in [0.717, 1.165) is 17.1 Å². The molecule has 0 bridgehead atoms. The van der Waals surface area contributed by atoms with Crippen molar-refractivity contribution >= 4 is 38.6 Å². The summed E-state index contributed by atoms with van der Waals surface area (Å²) in [6.07, 6.45) is 0. The summed E-state index contributed by atoms with van der Waals surface area (Å²) in [5, 5.41) is 5.03. The molecule has 0 radical (unpaired) electrons. The van der Waals surface area contributed by atoms with E-state index in [9.17, 15) is 0 Å². The minimum absolute atomic E-state index is 1.13. The van der Waals surface area contributed by atoms with E-state index < -0.39 is 0 Å². The molecular formula is C38H27N. The van der Waals surface area contributed by atoms with Gasteiger partial charge in [0.25, 0.3) is 0 Å². The normalized spacial score (nSPS) is 11.1. The third-order valence-electron chi connectivity index (χ3n) is 7.44. The molecular weight excluding hydrogens is 470 g/mol. The summed E-state index contributed by atoms with van der Waals surface area (Å²) in [5.41, 5.74) is 8.39. The van der Waals surface area contributed by atoms with Crippen molar-refractivity contribution in [2.45, 2.75) is 0 Å². The van der Waals surface area contributed by atoms with Crippen LogP contribution in [0.3, 0.4) is 0 Å². The van der Waals surface area contributed by atoms with Gasteiger partial charge >= 0.3 is 0 Å². The number of benzene rings is 7. The first-order chi connectivity index (χ1) is 19.4. The second kappa shape index (κ2) is 9.96. The average molecular weight is 498 g/mol. The highest BCUT2D eigenvalue weighted by Gasteiger charge is 2.21. The standard InChI is InChI=1S/C38H27N/c1-4-16-28(17-5-1)37-31-22-10-12-24-33(31)38(34-25-13-11-23-32(34)37)35-26-14-15-27-36(35)39(29-18-6-2-7-19-29)30-20-8-3-9-21-30/h1-27H. The second-order valence-corrected chi connectivity index (χ2v) is 9.73. The van der Waals surface area contributed by atoms with Gasteiger partial charge in [-0.2, -0.15) is 0 Å². The number of anilines is 3. The maximum absolute atomic E-state index is 2.37. The Morgan fingerprint density at radius 2 is 0.692 bits per heavy atom. The fourth-order valence-electron chi connectivity index (χ4n) is 5.80. The molecule has 0 fully saturated rings. The number of rotatable bonds is 5. The van der Waals surface area contributed by atoms with Gasteiger partial charge in [-0.15, -0.1) is 0 Å². The SMILES string of the molecule is c1ccc(-c2c3ccccc3c(-c3ccccc3N(c3ccccc3)c3ccccc3)c3ccccc23)cc1. The molecule has 0 atom stereocenters. The van der Waals surface area contributed by atoms with E-state index in [-0.39, 0.29) is 0 Å². The molecule has 7 aromatic carbocycles. The smallest absolute Gasteiger partial charge is 0.0540 e. The molecule has 0 aliphatic heterocycles. The minimum Gasteiger partial charge on any atom is -0.310 e. The number of fused-ring (bicyclic) bond motifs is 2. The van der Waals surface area contributed by atoms with Crippen LogP contribution in [0.25, 0.3) is 43.8 Å². The predicted octanol–water partition coefficient (Wildman–Crippen LogP) is 10.8. The van der Waals surface area contributed by atoms with Crippen molar-refractivity contribution in [3.63, 3.8) is 0 Å². The van der Waals surface area contributed by atoms with E-state index in [2.05, 4.69) is 169 Å². The average Bonchev–Trinajstić information content (AvgIpc) is 3.02. The first-order valence-corrected chi connectivity index (χ1v) is 13.4. The largest absolute Gasteiger partial charge is 0.310 e. The van der Waals surface area contributed by atoms with Crippen LogP contribution in [0, 0.1) is 0 Å². The molecule has 184 valence electrons. The van der Waals surface area contributed by atoms with Gasteiger partial charge in [-0.05, 0) is 68.6 Å². The van der Waals surface area contributed by atoms with Crippen molar-refractivity contribution < 1.29 is 0 Å². The molecule has 0 N–H and O–H groups in total. The molecule has 0 saturated heterocycles. The summed E-state index contributed by atoms with van der Waals surface area (Å²) in [7, 11) is 0. The molecule has 0 heterocycles. The van der Waals surface area contributed by atoms with Crippen LogP contribution < -0.4 is 4.90 Å². The van der Waals surface area contributed by atoms with Gasteiger partial charge in [-0.1, -0.05) is 133 Å². The summed E-state index contributed by atoms with van der Waals surface area (Å²) in [4.78, 5) is 2.37. The third kappa shape index (κ3) is 4.05. The van der Waals surface area contributed by atoms with Crippen molar-refractivity contribution in [2.24, 2.45) is 0 Å². The molecule has 7 aromatic rings. The van der Waals surface area contributed by atoms with Crippen LogP contribution in [-0.2, 0) is 0 Å². The fraction of sp³-hybridized carbons (Fsp3) is 0. The molecule has 0 amide bonds. The van der Waals surface area contributed by atoms with Gasteiger partial charge in [0.2, 0.25) is 0 Å². The zero-order valence-electron chi connectivity index (χ0n) is 21.5. The molecule has 0 aliphatic rings. The number of nitrogens with zero attached hydrogens (tertiary/aromatic N) is 1. The Kier molecular flexibility index (Phi) is 5.88. The summed E-state index contributed by atoms with van der Waals surface area (Å²) in [6, 6.07) is 58.5. The number of hydrogen-bond acceptors (Lipinski definition) is 1. The summed E-state index contributed by atoms with van der Waals surface area (Å²) in [6.45, 7) is 0. The second-order valence-electron chi connectivity index (χ2n) is 9.73. The maximum atomic E-state index is 2.37. The van der Waals surface area contributed by atoms with Crippen molar-refractivity contribution in [3.05, 3.63) is 164 Å². The van der Waals surface area contributed by atoms with Crippen molar-refractivity contribution in [1.82, 2.24) is 0 Å². The van der Waals surface area contributed by atoms with E-state index in [1.807, 2.05) is 0 Å². The van der Waals surface area contributed by atoms with Gasteiger partial charge in [0, 0.05) is 16.9 Å². The highest BCUT2D eigenvalue weighted by molar-refractivity contribution is 6.22. The zero-order valence-corrected chi connectivity index (χ0v) is 21.5. The molecule has 1 nitrogen and oxygen atoms in total. The van der Waals surface area contributed by atoms with Gasteiger partial charge in [0.15, 0.2) is 0 Å². The van der Waals surface area contributed by atoms with Crippen molar-refractivity contribution in [2.75, 3.05) is 4.90 Å². The van der Waals surface area contributed by atoms with Crippen LogP contribution in [0.5, 0.6) is 0 Å². The topological polar surface area (TPSA) is 3.24 Å². The van der Waals surface area contributed by atoms with Crippen LogP contribution in [0.2, 0.25) is 0 Å². The van der Waals surface area contributed by atoms with Gasteiger partial charge in [0.1, 0.15) is 0 Å². The predicted molar refractivity (Wildman–Crippen MR) is 167 cm³/mol. The lowest BCUT2D eigenvalue weighted by molar-refractivity contribution is 1.28. The highest BCUT2D eigenvalue weighted by Crippen LogP contribution is 2.48. The Labute approximate surface area is 229 Å². The lowest BCUT2D eigenvalue weighted by Crippen LogP contribution is -2.11. The van der Waals surface area contributed by atoms with Gasteiger partial charge in [0.05, 0.1) is 5.69 Å². The number of para-hydroxylation sites is 3. The van der Waals surface area contributed by atoms with Crippen LogP contribution in [0.1, 0.15) is 0 Å². The van der Waals surface area contributed by atoms with E-state index >= 15 is 0 Å². The third-order valence-corrected chi connectivity index (χ3v) is 7.44. The molecule has 0 saturated carbocycles. The Hall–Kier alpha value is -5.14. The Balaban J connectivity index is 1.59. The van der Waals surface area contributed by atoms with Gasteiger partial charge in [-0.25, -0.2) is 0 Å². The van der Waals surface area contributed by atoms with Crippen LogP contribution in [0.15, 0.2) is 164 Å². The summed E-state index contributed by atoms with van der Waals surface area (Å²) < 4.78 is 0. The van der Waals surface area contributed by atoms with Gasteiger partial charge in [-0.3, -0.25) is 0 Å². The van der Waals surface area contributed by atoms with Crippen LogP contribution >= 0.6 is 0 Å². The molecule has 39 heavy (non-hydrogen) atoms. The lowest BCUT2D eigenvalue weighted by atomic mass is 9.85. The maximum Gasteiger partial charge on any atom is 0.0540 e. The molecule has 0 spiro atoms.